The van der Waals surface area contributed by atoms with E-state index in [9.17, 15) is 0 Å². The topological polar surface area (TPSA) is 21.3 Å². The Hall–Kier alpha value is -1.96. The van der Waals surface area contributed by atoms with Gasteiger partial charge in [-0.1, -0.05) is 30.3 Å². The number of nitrogens with one attached hydrogen (secondary N) is 1. The van der Waals surface area contributed by atoms with Gasteiger partial charge in [-0.25, -0.2) is 0 Å². The maximum Gasteiger partial charge on any atom is 0.150 e. The van der Waals surface area contributed by atoms with E-state index in [2.05, 4.69) is 26.1 Å². The lowest BCUT2D eigenvalue weighted by Crippen LogP contribution is -2.26. The number of para-hydroxylation sites is 3. The number of hydrogen-bond acceptors (Lipinski definition) is 2. The van der Waals surface area contributed by atoms with Gasteiger partial charge < -0.3 is 10.1 Å². The number of anilines is 1. The minimum Gasteiger partial charge on any atom is -0.455 e. The molecule has 2 aromatic rings. The lowest BCUT2D eigenvalue weighted by molar-refractivity contribution is 0.481. The first-order chi connectivity index (χ1) is 8.54. The summed E-state index contributed by atoms with van der Waals surface area (Å²) in [5, 5.41) is 3.44. The van der Waals surface area contributed by atoms with Crippen molar-refractivity contribution in [3.63, 3.8) is 0 Å². The Kier molecular flexibility index (Phi) is 3.56. The highest BCUT2D eigenvalue weighted by atomic mass is 16.5. The van der Waals surface area contributed by atoms with Crippen molar-refractivity contribution in [2.75, 3.05) is 5.32 Å². The number of ether oxygens (including phenoxy) is 1. The highest BCUT2D eigenvalue weighted by molar-refractivity contribution is 5.58. The van der Waals surface area contributed by atoms with Crippen LogP contribution in [0.25, 0.3) is 0 Å². The second-order valence-corrected chi connectivity index (χ2v) is 5.29. The van der Waals surface area contributed by atoms with Crippen molar-refractivity contribution in [1.29, 1.82) is 0 Å². The first-order valence-corrected chi connectivity index (χ1v) is 6.15. The summed E-state index contributed by atoms with van der Waals surface area (Å²) >= 11 is 0. The quantitative estimate of drug-likeness (QED) is 0.841. The minimum absolute atomic E-state index is 0.0101. The van der Waals surface area contributed by atoms with E-state index in [1.165, 1.54) is 0 Å². The van der Waals surface area contributed by atoms with Crippen molar-refractivity contribution >= 4 is 5.69 Å². The standard InChI is InChI=1S/C16H19NO/c1-16(2,3)17-14-11-7-8-12-15(14)18-13-9-5-4-6-10-13/h4-12,17H,1-3H3. The summed E-state index contributed by atoms with van der Waals surface area (Å²) in [6, 6.07) is 17.8. The van der Waals surface area contributed by atoms with Gasteiger partial charge in [-0.3, -0.25) is 0 Å². The molecule has 0 radical (unpaired) electrons. The lowest BCUT2D eigenvalue weighted by Gasteiger charge is -2.23. The van der Waals surface area contributed by atoms with Crippen LogP contribution < -0.4 is 10.1 Å². The number of hydrogen-bond donors (Lipinski definition) is 1. The fourth-order valence-electron chi connectivity index (χ4n) is 1.68. The molecule has 0 saturated carbocycles. The summed E-state index contributed by atoms with van der Waals surface area (Å²) in [5.41, 5.74) is 1.02. The molecule has 94 valence electrons. The molecule has 0 amide bonds. The molecular formula is C16H19NO. The molecule has 0 heterocycles. The molecule has 0 aliphatic rings. The zero-order valence-electron chi connectivity index (χ0n) is 11.1. The third-order valence-corrected chi connectivity index (χ3v) is 2.37. The van der Waals surface area contributed by atoms with Crippen molar-refractivity contribution < 1.29 is 4.74 Å². The number of rotatable bonds is 3. The Labute approximate surface area is 109 Å². The fourth-order valence-corrected chi connectivity index (χ4v) is 1.68. The maximum absolute atomic E-state index is 5.89. The molecule has 0 aliphatic heterocycles. The van der Waals surface area contributed by atoms with Crippen LogP contribution in [0.4, 0.5) is 5.69 Å². The van der Waals surface area contributed by atoms with E-state index < -0.39 is 0 Å². The molecule has 2 nitrogen and oxygen atoms in total. The Morgan fingerprint density at radius 3 is 2.11 bits per heavy atom. The molecule has 0 aromatic heterocycles. The van der Waals surface area contributed by atoms with Crippen LogP contribution in [0.3, 0.4) is 0 Å². The highest BCUT2D eigenvalue weighted by Gasteiger charge is 2.12. The van der Waals surface area contributed by atoms with Gasteiger partial charge in [0.05, 0.1) is 5.69 Å². The summed E-state index contributed by atoms with van der Waals surface area (Å²) < 4.78 is 5.89. The lowest BCUT2D eigenvalue weighted by atomic mass is 10.1. The Morgan fingerprint density at radius 1 is 0.833 bits per heavy atom. The van der Waals surface area contributed by atoms with Gasteiger partial charge in [0.25, 0.3) is 0 Å². The van der Waals surface area contributed by atoms with Crippen LogP contribution in [0.1, 0.15) is 20.8 Å². The van der Waals surface area contributed by atoms with Crippen molar-refractivity contribution in [3.05, 3.63) is 54.6 Å². The zero-order valence-corrected chi connectivity index (χ0v) is 11.1. The molecule has 0 fully saturated rings. The van der Waals surface area contributed by atoms with Crippen LogP contribution in [0.2, 0.25) is 0 Å². The normalized spacial score (nSPS) is 11.1. The molecule has 0 aliphatic carbocycles. The third kappa shape index (κ3) is 3.52. The fraction of sp³-hybridized carbons (Fsp3) is 0.250. The average molecular weight is 241 g/mol. The minimum atomic E-state index is 0.0101. The van der Waals surface area contributed by atoms with Crippen LogP contribution in [0, 0.1) is 0 Å². The molecule has 1 N–H and O–H groups in total. The molecular weight excluding hydrogens is 222 g/mol. The summed E-state index contributed by atoms with van der Waals surface area (Å²) in [5.74, 6) is 1.69. The predicted molar refractivity (Wildman–Crippen MR) is 76.3 cm³/mol. The van der Waals surface area contributed by atoms with Gasteiger partial charge in [-0.15, -0.1) is 0 Å². The van der Waals surface area contributed by atoms with Crippen LogP contribution in [0.15, 0.2) is 54.6 Å². The molecule has 0 unspecified atom stereocenters. The van der Waals surface area contributed by atoms with Crippen LogP contribution in [-0.2, 0) is 0 Å². The van der Waals surface area contributed by atoms with Gasteiger partial charge in [0.15, 0.2) is 5.75 Å². The molecule has 0 saturated heterocycles. The molecule has 2 aromatic carbocycles. The van der Waals surface area contributed by atoms with Gasteiger partial charge >= 0.3 is 0 Å². The Balaban J connectivity index is 2.23. The molecule has 0 spiro atoms. The van der Waals surface area contributed by atoms with E-state index in [0.717, 1.165) is 17.2 Å². The van der Waals surface area contributed by atoms with Gasteiger partial charge in [-0.2, -0.15) is 0 Å². The largest absolute Gasteiger partial charge is 0.455 e. The van der Waals surface area contributed by atoms with Crippen LogP contribution in [-0.4, -0.2) is 5.54 Å². The summed E-state index contributed by atoms with van der Waals surface area (Å²) in [4.78, 5) is 0. The Morgan fingerprint density at radius 2 is 1.44 bits per heavy atom. The molecule has 0 bridgehead atoms. The van der Waals surface area contributed by atoms with Gasteiger partial charge in [0.1, 0.15) is 5.75 Å². The third-order valence-electron chi connectivity index (χ3n) is 2.37. The zero-order chi connectivity index (χ0) is 13.0. The van der Waals surface area contributed by atoms with E-state index >= 15 is 0 Å². The van der Waals surface area contributed by atoms with Crippen molar-refractivity contribution in [1.82, 2.24) is 0 Å². The number of benzene rings is 2. The van der Waals surface area contributed by atoms with Gasteiger partial charge in [0, 0.05) is 5.54 Å². The van der Waals surface area contributed by atoms with E-state index in [-0.39, 0.29) is 5.54 Å². The van der Waals surface area contributed by atoms with E-state index in [1.807, 2.05) is 54.6 Å². The Bertz CT molecular complexity index is 500. The van der Waals surface area contributed by atoms with E-state index in [1.54, 1.807) is 0 Å². The van der Waals surface area contributed by atoms with Crippen LogP contribution in [0.5, 0.6) is 11.5 Å². The summed E-state index contributed by atoms with van der Waals surface area (Å²) in [7, 11) is 0. The first-order valence-electron chi connectivity index (χ1n) is 6.15. The average Bonchev–Trinajstić information content (AvgIpc) is 2.31. The van der Waals surface area contributed by atoms with Gasteiger partial charge in [-0.05, 0) is 45.0 Å². The molecule has 0 atom stereocenters. The maximum atomic E-state index is 5.89. The van der Waals surface area contributed by atoms with Crippen LogP contribution >= 0.6 is 0 Å². The molecule has 18 heavy (non-hydrogen) atoms. The highest BCUT2D eigenvalue weighted by Crippen LogP contribution is 2.30. The summed E-state index contributed by atoms with van der Waals surface area (Å²) in [6.07, 6.45) is 0. The molecule has 2 heteroatoms. The SMILES string of the molecule is CC(C)(C)Nc1ccccc1Oc1ccccc1. The van der Waals surface area contributed by atoms with Crippen molar-refractivity contribution in [3.8, 4) is 11.5 Å². The molecule has 2 rings (SSSR count). The smallest absolute Gasteiger partial charge is 0.150 e. The second-order valence-electron chi connectivity index (χ2n) is 5.29. The first kappa shape index (κ1) is 12.5. The predicted octanol–water partition coefficient (Wildman–Crippen LogP) is 4.69. The van der Waals surface area contributed by atoms with Crippen molar-refractivity contribution in [2.45, 2.75) is 26.3 Å². The summed E-state index contributed by atoms with van der Waals surface area (Å²) in [6.45, 7) is 6.39. The van der Waals surface area contributed by atoms with E-state index in [0.29, 0.717) is 0 Å². The monoisotopic (exact) mass is 241 g/mol. The second kappa shape index (κ2) is 5.13. The van der Waals surface area contributed by atoms with E-state index in [4.69, 9.17) is 4.74 Å². The van der Waals surface area contributed by atoms with Crippen molar-refractivity contribution in [2.24, 2.45) is 0 Å². The van der Waals surface area contributed by atoms with Gasteiger partial charge in [0.2, 0.25) is 0 Å².